The summed E-state index contributed by atoms with van der Waals surface area (Å²) in [6, 6.07) is 9.84. The maximum absolute atomic E-state index is 8.75. The van der Waals surface area contributed by atoms with E-state index in [1.54, 1.807) is 11.8 Å². The average molecular weight is 192 g/mol. The highest BCUT2D eigenvalue weighted by Crippen LogP contribution is 2.25. The number of thioether (sulfide) groups is 1. The Morgan fingerprint density at radius 2 is 2.08 bits per heavy atom. The van der Waals surface area contributed by atoms with Gasteiger partial charge in [-0.15, -0.1) is 11.8 Å². The molecule has 0 aliphatic carbocycles. The first-order valence-electron chi connectivity index (χ1n) is 4.18. The highest BCUT2D eigenvalue weighted by Gasteiger charge is 2.05. The van der Waals surface area contributed by atoms with Crippen molar-refractivity contribution >= 4 is 17.4 Å². The molecule has 3 heteroatoms. The molecule has 0 heterocycles. The smallest absolute Gasteiger partial charge is 0.0961 e. The number of rotatable bonds is 3. The summed E-state index contributed by atoms with van der Waals surface area (Å²) in [5, 5.41) is 8.79. The van der Waals surface area contributed by atoms with Crippen molar-refractivity contribution in [2.75, 3.05) is 5.73 Å². The third kappa shape index (κ3) is 3.00. The first-order chi connectivity index (χ1) is 6.26. The van der Waals surface area contributed by atoms with Crippen molar-refractivity contribution in [3.05, 3.63) is 24.3 Å². The summed E-state index contributed by atoms with van der Waals surface area (Å²) in [7, 11) is 0. The van der Waals surface area contributed by atoms with Crippen molar-refractivity contribution in [3.8, 4) is 6.07 Å². The van der Waals surface area contributed by atoms with Gasteiger partial charge < -0.3 is 5.73 Å². The summed E-state index contributed by atoms with van der Waals surface area (Å²) in [5.41, 5.74) is 6.31. The second-order valence-corrected chi connectivity index (χ2v) is 3.99. The summed E-state index contributed by atoms with van der Waals surface area (Å²) < 4.78 is 0. The van der Waals surface area contributed by atoms with E-state index in [0.29, 0.717) is 0 Å². The van der Waals surface area contributed by atoms with Gasteiger partial charge in [0, 0.05) is 10.6 Å². The lowest BCUT2D eigenvalue weighted by molar-refractivity contribution is 0.985. The van der Waals surface area contributed by atoms with Gasteiger partial charge >= 0.3 is 0 Å². The number of hydrogen-bond acceptors (Lipinski definition) is 3. The molecule has 0 aliphatic rings. The van der Waals surface area contributed by atoms with Crippen LogP contribution in [0, 0.1) is 11.3 Å². The highest BCUT2D eigenvalue weighted by molar-refractivity contribution is 8.00. The summed E-state index contributed by atoms with van der Waals surface area (Å²) >= 11 is 1.58. The molecule has 1 aromatic carbocycles. The zero-order valence-corrected chi connectivity index (χ0v) is 8.34. The van der Waals surface area contributed by atoms with Crippen molar-refractivity contribution in [1.82, 2.24) is 0 Å². The zero-order chi connectivity index (χ0) is 9.68. The second kappa shape index (κ2) is 4.78. The van der Waals surface area contributed by atoms with Crippen molar-refractivity contribution in [3.63, 3.8) is 0 Å². The first kappa shape index (κ1) is 9.94. The van der Waals surface area contributed by atoms with Gasteiger partial charge in [0.25, 0.3) is 0 Å². The standard InChI is InChI=1S/C10H12N2S/c1-2-9(7-11)13-10-5-3-8(12)4-6-10/h3-6,9H,2,12H2,1H3. The van der Waals surface area contributed by atoms with E-state index in [0.717, 1.165) is 17.0 Å². The van der Waals surface area contributed by atoms with Crippen molar-refractivity contribution in [2.24, 2.45) is 0 Å². The van der Waals surface area contributed by atoms with E-state index in [1.807, 2.05) is 31.2 Å². The minimum atomic E-state index is 0.0450. The summed E-state index contributed by atoms with van der Waals surface area (Å²) in [4.78, 5) is 1.10. The van der Waals surface area contributed by atoms with Crippen LogP contribution in [0.5, 0.6) is 0 Å². The van der Waals surface area contributed by atoms with E-state index in [1.165, 1.54) is 0 Å². The molecule has 2 N–H and O–H groups in total. The molecule has 0 amide bonds. The fraction of sp³-hybridized carbons (Fsp3) is 0.300. The largest absolute Gasteiger partial charge is 0.399 e. The van der Waals surface area contributed by atoms with Crippen LogP contribution in [0.1, 0.15) is 13.3 Å². The molecule has 1 unspecified atom stereocenters. The quantitative estimate of drug-likeness (QED) is 0.591. The number of hydrogen-bond donors (Lipinski definition) is 1. The van der Waals surface area contributed by atoms with E-state index < -0.39 is 0 Å². The lowest BCUT2D eigenvalue weighted by Crippen LogP contribution is -1.95. The highest BCUT2D eigenvalue weighted by atomic mass is 32.2. The molecule has 13 heavy (non-hydrogen) atoms. The van der Waals surface area contributed by atoms with Gasteiger partial charge in [-0.2, -0.15) is 5.26 Å². The molecule has 0 aromatic heterocycles. The predicted octanol–water partition coefficient (Wildman–Crippen LogP) is 2.66. The molecular formula is C10H12N2S. The Labute approximate surface area is 82.7 Å². The van der Waals surface area contributed by atoms with Gasteiger partial charge in [-0.3, -0.25) is 0 Å². The molecule has 0 spiro atoms. The van der Waals surface area contributed by atoms with Gasteiger partial charge in [-0.1, -0.05) is 6.92 Å². The fourth-order valence-corrected chi connectivity index (χ4v) is 1.75. The number of nitrogen functional groups attached to an aromatic ring is 1. The Morgan fingerprint density at radius 3 is 2.54 bits per heavy atom. The molecule has 0 saturated heterocycles. The van der Waals surface area contributed by atoms with Crippen LogP contribution in [0.2, 0.25) is 0 Å². The summed E-state index contributed by atoms with van der Waals surface area (Å²) in [5.74, 6) is 0. The van der Waals surface area contributed by atoms with Crippen LogP contribution < -0.4 is 5.73 Å². The number of nitriles is 1. The molecular weight excluding hydrogens is 180 g/mol. The van der Waals surface area contributed by atoms with Gasteiger partial charge in [0.1, 0.15) is 0 Å². The molecule has 0 saturated carbocycles. The molecule has 0 fully saturated rings. The maximum Gasteiger partial charge on any atom is 0.0961 e. The lowest BCUT2D eigenvalue weighted by Gasteiger charge is -2.05. The zero-order valence-electron chi connectivity index (χ0n) is 7.53. The van der Waals surface area contributed by atoms with Crippen LogP contribution in [0.15, 0.2) is 29.2 Å². The Kier molecular flexibility index (Phi) is 3.66. The van der Waals surface area contributed by atoms with Crippen molar-refractivity contribution < 1.29 is 0 Å². The number of benzene rings is 1. The lowest BCUT2D eigenvalue weighted by atomic mass is 10.3. The van der Waals surface area contributed by atoms with Crippen molar-refractivity contribution in [1.29, 1.82) is 5.26 Å². The van der Waals surface area contributed by atoms with Gasteiger partial charge in [0.15, 0.2) is 0 Å². The summed E-state index contributed by atoms with van der Waals surface area (Å²) in [6.07, 6.45) is 0.867. The molecule has 1 aromatic rings. The molecule has 0 aliphatic heterocycles. The van der Waals surface area contributed by atoms with E-state index >= 15 is 0 Å². The van der Waals surface area contributed by atoms with E-state index in [4.69, 9.17) is 11.0 Å². The molecule has 0 radical (unpaired) electrons. The normalized spacial score (nSPS) is 12.0. The van der Waals surface area contributed by atoms with Crippen LogP contribution in [0.4, 0.5) is 5.69 Å². The number of anilines is 1. The Bertz CT molecular complexity index is 300. The van der Waals surface area contributed by atoms with Gasteiger partial charge in [0.2, 0.25) is 0 Å². The van der Waals surface area contributed by atoms with Gasteiger partial charge in [-0.05, 0) is 30.7 Å². The van der Waals surface area contributed by atoms with E-state index in [9.17, 15) is 0 Å². The van der Waals surface area contributed by atoms with Gasteiger partial charge in [-0.25, -0.2) is 0 Å². The van der Waals surface area contributed by atoms with E-state index in [-0.39, 0.29) is 5.25 Å². The Balaban J connectivity index is 2.64. The van der Waals surface area contributed by atoms with Crippen LogP contribution in [-0.4, -0.2) is 5.25 Å². The topological polar surface area (TPSA) is 49.8 Å². The Hall–Kier alpha value is -1.14. The van der Waals surface area contributed by atoms with Gasteiger partial charge in [0.05, 0.1) is 11.3 Å². The number of nitrogens with two attached hydrogens (primary N) is 1. The predicted molar refractivity (Wildman–Crippen MR) is 56.4 cm³/mol. The molecule has 68 valence electrons. The average Bonchev–Trinajstić information content (AvgIpc) is 2.17. The van der Waals surface area contributed by atoms with E-state index in [2.05, 4.69) is 6.07 Å². The summed E-state index contributed by atoms with van der Waals surface area (Å²) in [6.45, 7) is 2.01. The maximum atomic E-state index is 8.75. The second-order valence-electron chi connectivity index (χ2n) is 2.71. The van der Waals surface area contributed by atoms with Crippen molar-refractivity contribution in [2.45, 2.75) is 23.5 Å². The fourth-order valence-electron chi connectivity index (χ4n) is 0.912. The van der Waals surface area contributed by atoms with Crippen LogP contribution in [0.3, 0.4) is 0 Å². The van der Waals surface area contributed by atoms with Crippen LogP contribution in [-0.2, 0) is 0 Å². The Morgan fingerprint density at radius 1 is 1.46 bits per heavy atom. The SMILES string of the molecule is CCC(C#N)Sc1ccc(N)cc1. The first-order valence-corrected chi connectivity index (χ1v) is 5.06. The number of nitrogens with zero attached hydrogens (tertiary/aromatic N) is 1. The molecule has 0 bridgehead atoms. The minimum Gasteiger partial charge on any atom is -0.399 e. The minimum absolute atomic E-state index is 0.0450. The monoisotopic (exact) mass is 192 g/mol. The van der Waals surface area contributed by atoms with Crippen LogP contribution in [0.25, 0.3) is 0 Å². The molecule has 1 rings (SSSR count). The third-order valence-corrected chi connectivity index (χ3v) is 2.94. The molecule has 1 atom stereocenters. The molecule has 2 nitrogen and oxygen atoms in total. The van der Waals surface area contributed by atoms with Crippen LogP contribution >= 0.6 is 11.8 Å². The third-order valence-electron chi connectivity index (χ3n) is 1.67.